The van der Waals surface area contributed by atoms with Crippen LogP contribution in [0.4, 0.5) is 5.69 Å². The molecule has 0 amide bonds. The molecule has 5 rings (SSSR count). The number of nitro benzene ring substituents is 1. The third-order valence-electron chi connectivity index (χ3n) is 5.92. The second-order valence-corrected chi connectivity index (χ2v) is 9.90. The number of aromatic nitrogens is 2. The van der Waals surface area contributed by atoms with Crippen molar-refractivity contribution in [1.82, 2.24) is 9.66 Å². The highest BCUT2D eigenvalue weighted by Crippen LogP contribution is 2.35. The van der Waals surface area contributed by atoms with Crippen LogP contribution in [0.1, 0.15) is 25.8 Å². The number of furan rings is 1. The lowest BCUT2D eigenvalue weighted by Crippen LogP contribution is -2.20. The second kappa shape index (κ2) is 10.4. The van der Waals surface area contributed by atoms with Gasteiger partial charge in [0.2, 0.25) is 11.6 Å². The standard InChI is InChI=1S/C27H20BrClN4O5/c1-3-15(2)37-25-17(10-18(28)13-22(25)33(35)36)14-30-32-26(31-21-7-5-4-6-20(21)27(32)34)24-12-16-11-19(29)8-9-23(16)38-24/h4-15H,3H2,1-2H3/t15-/m0/s1. The summed E-state index contributed by atoms with van der Waals surface area (Å²) in [7, 11) is 0. The lowest BCUT2D eigenvalue weighted by molar-refractivity contribution is -0.386. The van der Waals surface area contributed by atoms with Crippen molar-refractivity contribution in [2.45, 2.75) is 26.4 Å². The molecule has 0 spiro atoms. The first kappa shape index (κ1) is 25.6. The average Bonchev–Trinajstić information content (AvgIpc) is 3.32. The van der Waals surface area contributed by atoms with Crippen LogP contribution in [0.2, 0.25) is 5.02 Å². The van der Waals surface area contributed by atoms with Crippen LogP contribution in [-0.2, 0) is 0 Å². The van der Waals surface area contributed by atoms with E-state index in [9.17, 15) is 14.9 Å². The summed E-state index contributed by atoms with van der Waals surface area (Å²) in [5.41, 5.74) is 0.688. The van der Waals surface area contributed by atoms with Crippen LogP contribution < -0.4 is 10.3 Å². The molecule has 11 heteroatoms. The summed E-state index contributed by atoms with van der Waals surface area (Å²) in [5.74, 6) is 0.516. The van der Waals surface area contributed by atoms with Crippen LogP contribution in [0.25, 0.3) is 33.5 Å². The number of rotatable bonds is 7. The molecule has 0 aliphatic heterocycles. The van der Waals surface area contributed by atoms with Crippen LogP contribution in [0.3, 0.4) is 0 Å². The van der Waals surface area contributed by atoms with Crippen LogP contribution in [0.5, 0.6) is 5.75 Å². The Morgan fingerprint density at radius 2 is 2.03 bits per heavy atom. The fourth-order valence-corrected chi connectivity index (χ4v) is 4.52. The molecule has 0 radical (unpaired) electrons. The minimum atomic E-state index is -0.519. The normalized spacial score (nSPS) is 12.4. The number of halogens is 2. The summed E-state index contributed by atoms with van der Waals surface area (Å²) < 4.78 is 13.5. The highest BCUT2D eigenvalue weighted by molar-refractivity contribution is 9.10. The largest absolute Gasteiger partial charge is 0.483 e. The molecule has 0 N–H and O–H groups in total. The molecular formula is C27H20BrClN4O5. The minimum absolute atomic E-state index is 0.0537. The second-order valence-electron chi connectivity index (χ2n) is 8.54. The summed E-state index contributed by atoms with van der Waals surface area (Å²) in [6.45, 7) is 3.73. The van der Waals surface area contributed by atoms with Gasteiger partial charge in [-0.15, -0.1) is 0 Å². The Kier molecular flexibility index (Phi) is 7.00. The molecule has 0 unspecified atom stereocenters. The highest BCUT2D eigenvalue weighted by atomic mass is 79.9. The van der Waals surface area contributed by atoms with Crippen LogP contribution in [-0.4, -0.2) is 26.9 Å². The Balaban J connectivity index is 1.73. The Morgan fingerprint density at radius 1 is 1.24 bits per heavy atom. The molecule has 0 saturated heterocycles. The smallest absolute Gasteiger partial charge is 0.312 e. The van der Waals surface area contributed by atoms with E-state index in [-0.39, 0.29) is 23.4 Å². The monoisotopic (exact) mass is 594 g/mol. The van der Waals surface area contributed by atoms with Gasteiger partial charge >= 0.3 is 5.69 Å². The lowest BCUT2D eigenvalue weighted by atomic mass is 10.2. The maximum atomic E-state index is 13.6. The number of hydrogen-bond acceptors (Lipinski definition) is 7. The minimum Gasteiger partial charge on any atom is -0.483 e. The molecule has 2 aromatic heterocycles. The molecule has 38 heavy (non-hydrogen) atoms. The molecule has 2 heterocycles. The summed E-state index contributed by atoms with van der Waals surface area (Å²) in [6, 6.07) is 16.8. The molecule has 0 aliphatic rings. The van der Waals surface area contributed by atoms with Crippen molar-refractivity contribution in [3.63, 3.8) is 0 Å². The van der Waals surface area contributed by atoms with Gasteiger partial charge in [0, 0.05) is 26.5 Å². The van der Waals surface area contributed by atoms with E-state index in [0.717, 1.165) is 10.1 Å². The number of hydrogen-bond donors (Lipinski definition) is 0. The van der Waals surface area contributed by atoms with E-state index in [4.69, 9.17) is 20.8 Å². The van der Waals surface area contributed by atoms with Gasteiger partial charge in [-0.3, -0.25) is 14.9 Å². The summed E-state index contributed by atoms with van der Waals surface area (Å²) in [5, 5.41) is 17.8. The molecule has 9 nitrogen and oxygen atoms in total. The molecule has 0 bridgehead atoms. The van der Waals surface area contributed by atoms with E-state index in [1.807, 2.05) is 13.8 Å². The topological polar surface area (TPSA) is 113 Å². The summed E-state index contributed by atoms with van der Waals surface area (Å²) >= 11 is 9.46. The number of para-hydroxylation sites is 1. The maximum absolute atomic E-state index is 13.6. The fourth-order valence-electron chi connectivity index (χ4n) is 3.88. The number of fused-ring (bicyclic) bond motifs is 2. The quantitative estimate of drug-likeness (QED) is 0.112. The van der Waals surface area contributed by atoms with E-state index in [1.54, 1.807) is 54.6 Å². The van der Waals surface area contributed by atoms with E-state index in [1.165, 1.54) is 12.3 Å². The first-order valence-electron chi connectivity index (χ1n) is 11.7. The van der Waals surface area contributed by atoms with Crippen molar-refractivity contribution in [2.24, 2.45) is 5.10 Å². The van der Waals surface area contributed by atoms with Crippen molar-refractivity contribution < 1.29 is 14.1 Å². The third-order valence-corrected chi connectivity index (χ3v) is 6.61. The first-order chi connectivity index (χ1) is 18.2. The van der Waals surface area contributed by atoms with Gasteiger partial charge in [0.25, 0.3) is 5.56 Å². The number of nitrogens with zero attached hydrogens (tertiary/aromatic N) is 4. The Morgan fingerprint density at radius 3 is 2.79 bits per heavy atom. The molecule has 1 atom stereocenters. The Bertz CT molecular complexity index is 1800. The number of nitro groups is 1. The summed E-state index contributed by atoms with van der Waals surface area (Å²) in [6.07, 6.45) is 1.69. The van der Waals surface area contributed by atoms with E-state index >= 15 is 0 Å². The molecule has 0 fully saturated rings. The number of ether oxygens (including phenoxy) is 1. The summed E-state index contributed by atoms with van der Waals surface area (Å²) in [4.78, 5) is 29.5. The van der Waals surface area contributed by atoms with Gasteiger partial charge < -0.3 is 9.15 Å². The van der Waals surface area contributed by atoms with Crippen molar-refractivity contribution >= 4 is 61.3 Å². The molecule has 5 aromatic rings. The predicted octanol–water partition coefficient (Wildman–Crippen LogP) is 7.19. The Labute approximate surface area is 229 Å². The molecule has 3 aromatic carbocycles. The highest BCUT2D eigenvalue weighted by Gasteiger charge is 2.23. The third kappa shape index (κ3) is 4.92. The van der Waals surface area contributed by atoms with E-state index in [0.29, 0.717) is 43.7 Å². The molecular weight excluding hydrogens is 576 g/mol. The van der Waals surface area contributed by atoms with Gasteiger partial charge in [-0.2, -0.15) is 9.78 Å². The fraction of sp³-hybridized carbons (Fsp3) is 0.148. The van der Waals surface area contributed by atoms with Crippen LogP contribution in [0.15, 0.2) is 79.4 Å². The van der Waals surface area contributed by atoms with Crippen molar-refractivity contribution in [3.05, 3.63) is 96.2 Å². The van der Waals surface area contributed by atoms with Crippen LogP contribution in [0, 0.1) is 10.1 Å². The predicted molar refractivity (Wildman–Crippen MR) is 150 cm³/mol. The van der Waals surface area contributed by atoms with E-state index in [2.05, 4.69) is 26.0 Å². The van der Waals surface area contributed by atoms with Gasteiger partial charge in [-0.1, -0.05) is 46.6 Å². The van der Waals surface area contributed by atoms with Crippen molar-refractivity contribution in [2.75, 3.05) is 0 Å². The zero-order valence-corrected chi connectivity index (χ0v) is 22.6. The van der Waals surface area contributed by atoms with Crippen LogP contribution >= 0.6 is 27.5 Å². The zero-order valence-electron chi connectivity index (χ0n) is 20.2. The molecule has 0 aliphatic carbocycles. The Hall–Kier alpha value is -4.02. The van der Waals surface area contributed by atoms with Gasteiger partial charge in [0.05, 0.1) is 28.1 Å². The van der Waals surface area contributed by atoms with Crippen molar-refractivity contribution in [3.8, 4) is 17.3 Å². The first-order valence-corrected chi connectivity index (χ1v) is 12.8. The molecule has 0 saturated carbocycles. The number of benzene rings is 3. The van der Waals surface area contributed by atoms with Crippen molar-refractivity contribution in [1.29, 1.82) is 0 Å². The van der Waals surface area contributed by atoms with Gasteiger partial charge in [0.1, 0.15) is 5.58 Å². The van der Waals surface area contributed by atoms with E-state index < -0.39 is 10.5 Å². The van der Waals surface area contributed by atoms with Gasteiger partial charge in [0.15, 0.2) is 5.76 Å². The SMILES string of the molecule is CC[C@H](C)Oc1c(C=Nn2c(-c3cc4cc(Cl)ccc4o3)nc3ccccc3c2=O)cc(Br)cc1[N+](=O)[O-]. The van der Waals surface area contributed by atoms with Gasteiger partial charge in [-0.25, -0.2) is 4.98 Å². The lowest BCUT2D eigenvalue weighted by Gasteiger charge is -2.15. The molecule has 192 valence electrons. The zero-order chi connectivity index (χ0) is 27.0. The van der Waals surface area contributed by atoms with Gasteiger partial charge in [-0.05, 0) is 55.8 Å². The average molecular weight is 596 g/mol. The maximum Gasteiger partial charge on any atom is 0.312 e.